The number of rotatable bonds is 1. The minimum Gasteiger partial charge on any atom is -0.374 e. The number of ether oxygens (including phenoxy) is 1. The molecule has 0 amide bonds. The topological polar surface area (TPSA) is 22.1 Å². The first-order valence-corrected chi connectivity index (χ1v) is 3.48. The van der Waals surface area contributed by atoms with Crippen LogP contribution in [-0.4, -0.2) is 18.2 Å². The summed E-state index contributed by atoms with van der Waals surface area (Å²) in [5.41, 5.74) is -0.582. The van der Waals surface area contributed by atoms with Gasteiger partial charge in [0, 0.05) is 12.4 Å². The molecule has 3 heteroatoms. The number of pyridine rings is 1. The zero-order valence-corrected chi connectivity index (χ0v) is 5.96. The summed E-state index contributed by atoms with van der Waals surface area (Å²) in [4.78, 5) is 3.81. The molecule has 2 nitrogen and oxygen atoms in total. The molecule has 0 atom stereocenters. The zero-order valence-electron chi connectivity index (χ0n) is 5.96. The average Bonchev–Trinajstić information content (AvgIpc) is 2.02. The number of aromatic nitrogens is 1. The Morgan fingerprint density at radius 2 is 2.00 bits per heavy atom. The van der Waals surface area contributed by atoms with Gasteiger partial charge in [0.1, 0.15) is 0 Å². The van der Waals surface area contributed by atoms with Crippen molar-refractivity contribution in [2.75, 3.05) is 13.2 Å². The van der Waals surface area contributed by atoms with Crippen LogP contribution < -0.4 is 0 Å². The van der Waals surface area contributed by atoms with Crippen LogP contribution in [0.15, 0.2) is 24.5 Å². The Kier molecular flexibility index (Phi) is 1.39. The second-order valence-electron chi connectivity index (χ2n) is 2.69. The smallest absolute Gasteiger partial charge is 0.182 e. The maximum atomic E-state index is 13.5. The van der Waals surface area contributed by atoms with Crippen molar-refractivity contribution >= 4 is 0 Å². The summed E-state index contributed by atoms with van der Waals surface area (Å²) in [6.45, 7) is 0.355. The Balaban J connectivity index is 2.29. The van der Waals surface area contributed by atoms with Gasteiger partial charge < -0.3 is 4.74 Å². The van der Waals surface area contributed by atoms with Crippen LogP contribution in [-0.2, 0) is 10.4 Å². The molecule has 0 spiro atoms. The van der Waals surface area contributed by atoms with E-state index in [1.807, 2.05) is 0 Å². The van der Waals surface area contributed by atoms with Gasteiger partial charge in [-0.1, -0.05) is 0 Å². The summed E-state index contributed by atoms with van der Waals surface area (Å²) >= 11 is 0. The standard InChI is InChI=1S/C8H8FNO/c9-8(5-11-6-8)7-1-3-10-4-2-7/h1-4H,5-6H2. The highest BCUT2D eigenvalue weighted by Gasteiger charge is 2.40. The third-order valence-corrected chi connectivity index (χ3v) is 1.86. The average molecular weight is 153 g/mol. The van der Waals surface area contributed by atoms with Gasteiger partial charge in [0.25, 0.3) is 0 Å². The molecule has 1 aliphatic heterocycles. The van der Waals surface area contributed by atoms with Crippen LogP contribution in [0.2, 0.25) is 0 Å². The van der Waals surface area contributed by atoms with Gasteiger partial charge in [0.2, 0.25) is 0 Å². The summed E-state index contributed by atoms with van der Waals surface area (Å²) in [6, 6.07) is 3.37. The van der Waals surface area contributed by atoms with Gasteiger partial charge in [-0.2, -0.15) is 0 Å². The maximum absolute atomic E-state index is 13.5. The van der Waals surface area contributed by atoms with Crippen molar-refractivity contribution in [2.24, 2.45) is 0 Å². The first-order valence-electron chi connectivity index (χ1n) is 3.48. The molecule has 0 N–H and O–H groups in total. The molecule has 1 aromatic rings. The van der Waals surface area contributed by atoms with Crippen LogP contribution in [0.3, 0.4) is 0 Å². The second-order valence-corrected chi connectivity index (χ2v) is 2.69. The van der Waals surface area contributed by atoms with Gasteiger partial charge in [-0.05, 0) is 17.7 Å². The second kappa shape index (κ2) is 2.27. The third kappa shape index (κ3) is 1.01. The Bertz CT molecular complexity index is 246. The fourth-order valence-electron chi connectivity index (χ4n) is 1.10. The maximum Gasteiger partial charge on any atom is 0.182 e. The SMILES string of the molecule is FC1(c2ccncc2)COC1. The molecule has 1 aliphatic rings. The minimum absolute atomic E-state index is 0.178. The summed E-state index contributed by atoms with van der Waals surface area (Å²) in [5, 5.41) is 0. The molecule has 0 saturated carbocycles. The Morgan fingerprint density at radius 3 is 2.45 bits per heavy atom. The molecular weight excluding hydrogens is 145 g/mol. The fraction of sp³-hybridized carbons (Fsp3) is 0.375. The molecule has 0 bridgehead atoms. The van der Waals surface area contributed by atoms with Crippen molar-refractivity contribution in [1.82, 2.24) is 4.98 Å². The van der Waals surface area contributed by atoms with E-state index in [2.05, 4.69) is 4.98 Å². The number of hydrogen-bond acceptors (Lipinski definition) is 2. The molecule has 1 aromatic heterocycles. The molecule has 0 radical (unpaired) electrons. The predicted molar refractivity (Wildman–Crippen MR) is 37.8 cm³/mol. The van der Waals surface area contributed by atoms with E-state index < -0.39 is 5.67 Å². The molecule has 0 unspecified atom stereocenters. The Labute approximate surface area is 64.0 Å². The summed E-state index contributed by atoms with van der Waals surface area (Å²) in [5.74, 6) is 0. The minimum atomic E-state index is -1.25. The van der Waals surface area contributed by atoms with Crippen molar-refractivity contribution in [3.8, 4) is 0 Å². The van der Waals surface area contributed by atoms with Crippen LogP contribution >= 0.6 is 0 Å². The monoisotopic (exact) mass is 153 g/mol. The van der Waals surface area contributed by atoms with Crippen molar-refractivity contribution in [2.45, 2.75) is 5.67 Å². The van der Waals surface area contributed by atoms with Gasteiger partial charge in [0.15, 0.2) is 5.67 Å². The third-order valence-electron chi connectivity index (χ3n) is 1.86. The molecule has 1 saturated heterocycles. The van der Waals surface area contributed by atoms with E-state index in [1.54, 1.807) is 24.5 Å². The van der Waals surface area contributed by atoms with Gasteiger partial charge in [-0.25, -0.2) is 4.39 Å². The fourth-order valence-corrected chi connectivity index (χ4v) is 1.10. The van der Waals surface area contributed by atoms with E-state index in [9.17, 15) is 4.39 Å². The highest BCUT2D eigenvalue weighted by molar-refractivity contribution is 5.21. The molecule has 1 fully saturated rings. The lowest BCUT2D eigenvalue weighted by Crippen LogP contribution is -2.42. The van der Waals surface area contributed by atoms with Crippen LogP contribution in [0.5, 0.6) is 0 Å². The number of halogens is 1. The van der Waals surface area contributed by atoms with Crippen LogP contribution in [0.1, 0.15) is 5.56 Å². The molecule has 2 heterocycles. The molecule has 11 heavy (non-hydrogen) atoms. The molecule has 58 valence electrons. The van der Waals surface area contributed by atoms with E-state index >= 15 is 0 Å². The molecular formula is C8H8FNO. The molecule has 2 rings (SSSR count). The molecule has 0 aromatic carbocycles. The first kappa shape index (κ1) is 6.73. The lowest BCUT2D eigenvalue weighted by molar-refractivity contribution is -0.135. The largest absolute Gasteiger partial charge is 0.374 e. The quantitative estimate of drug-likeness (QED) is 0.606. The van der Waals surface area contributed by atoms with E-state index in [4.69, 9.17) is 4.74 Å². The van der Waals surface area contributed by atoms with Crippen molar-refractivity contribution in [3.63, 3.8) is 0 Å². The van der Waals surface area contributed by atoms with Gasteiger partial charge >= 0.3 is 0 Å². The zero-order chi connectivity index (χ0) is 7.73. The molecule has 0 aliphatic carbocycles. The summed E-state index contributed by atoms with van der Waals surface area (Å²) in [6.07, 6.45) is 3.18. The van der Waals surface area contributed by atoms with Gasteiger partial charge in [-0.15, -0.1) is 0 Å². The van der Waals surface area contributed by atoms with Gasteiger partial charge in [0.05, 0.1) is 13.2 Å². The predicted octanol–water partition coefficient (Wildman–Crippen LogP) is 1.28. The highest BCUT2D eigenvalue weighted by Crippen LogP contribution is 2.32. The van der Waals surface area contributed by atoms with Crippen molar-refractivity contribution < 1.29 is 9.13 Å². The number of hydrogen-bond donors (Lipinski definition) is 0. The first-order chi connectivity index (χ1) is 5.31. The normalized spacial score (nSPS) is 20.8. The van der Waals surface area contributed by atoms with Crippen LogP contribution in [0, 0.1) is 0 Å². The number of alkyl halides is 1. The van der Waals surface area contributed by atoms with Crippen molar-refractivity contribution in [1.29, 1.82) is 0 Å². The van der Waals surface area contributed by atoms with E-state index in [1.165, 1.54) is 0 Å². The van der Waals surface area contributed by atoms with Gasteiger partial charge in [-0.3, -0.25) is 4.98 Å². The Morgan fingerprint density at radius 1 is 1.36 bits per heavy atom. The van der Waals surface area contributed by atoms with E-state index in [0.29, 0.717) is 5.56 Å². The van der Waals surface area contributed by atoms with Crippen LogP contribution in [0.4, 0.5) is 4.39 Å². The van der Waals surface area contributed by atoms with E-state index in [0.717, 1.165) is 0 Å². The lowest BCUT2D eigenvalue weighted by atomic mass is 9.95. The Hall–Kier alpha value is -0.960. The van der Waals surface area contributed by atoms with Crippen LogP contribution in [0.25, 0.3) is 0 Å². The summed E-state index contributed by atoms with van der Waals surface area (Å²) in [7, 11) is 0. The lowest BCUT2D eigenvalue weighted by Gasteiger charge is -2.33. The van der Waals surface area contributed by atoms with E-state index in [-0.39, 0.29) is 13.2 Å². The van der Waals surface area contributed by atoms with Crippen molar-refractivity contribution in [3.05, 3.63) is 30.1 Å². The highest BCUT2D eigenvalue weighted by atomic mass is 19.1. The number of nitrogens with zero attached hydrogens (tertiary/aromatic N) is 1. The summed E-state index contributed by atoms with van der Waals surface area (Å²) < 4.78 is 18.3.